The van der Waals surface area contributed by atoms with Gasteiger partial charge in [-0.25, -0.2) is 0 Å². The minimum atomic E-state index is -0.148. The smallest absolute Gasteiger partial charge is 0.235 e. The molecule has 1 aliphatic carbocycles. The van der Waals surface area contributed by atoms with E-state index >= 15 is 0 Å². The van der Waals surface area contributed by atoms with Crippen LogP contribution >= 0.6 is 23.1 Å². The lowest BCUT2D eigenvalue weighted by molar-refractivity contribution is -0.113. The second-order valence-electron chi connectivity index (χ2n) is 7.30. The maximum absolute atomic E-state index is 12.5. The highest BCUT2D eigenvalue weighted by Crippen LogP contribution is 2.38. The third-order valence-corrected chi connectivity index (χ3v) is 6.80. The van der Waals surface area contributed by atoms with Crippen molar-refractivity contribution in [3.8, 4) is 17.7 Å². The SMILES string of the molecule is CC(C)Cn1c(SCC(=O)Nc2sc3c(c2C#N)CCC3)nnc1-c1ccco1. The zero-order valence-corrected chi connectivity index (χ0v) is 17.9. The number of carbonyl (C=O) groups is 1. The fraction of sp³-hybridized carbons (Fsp3) is 0.400. The maximum atomic E-state index is 12.5. The molecule has 150 valence electrons. The molecule has 3 aromatic heterocycles. The van der Waals surface area contributed by atoms with Crippen LogP contribution in [0.2, 0.25) is 0 Å². The second kappa shape index (κ2) is 8.43. The van der Waals surface area contributed by atoms with Gasteiger partial charge in [-0.05, 0) is 42.9 Å². The summed E-state index contributed by atoms with van der Waals surface area (Å²) in [4.78, 5) is 13.8. The first kappa shape index (κ1) is 19.7. The number of hydrogen-bond acceptors (Lipinski definition) is 7. The van der Waals surface area contributed by atoms with Crippen molar-refractivity contribution >= 4 is 34.0 Å². The number of carbonyl (C=O) groups excluding carboxylic acids is 1. The van der Waals surface area contributed by atoms with Gasteiger partial charge in [-0.1, -0.05) is 25.6 Å². The molecule has 0 bridgehead atoms. The largest absolute Gasteiger partial charge is 0.461 e. The number of fused-ring (bicyclic) bond motifs is 1. The molecule has 1 aliphatic rings. The van der Waals surface area contributed by atoms with Gasteiger partial charge in [0.15, 0.2) is 16.7 Å². The fourth-order valence-electron chi connectivity index (χ4n) is 3.42. The Kier molecular flexibility index (Phi) is 5.74. The average molecular weight is 428 g/mol. The van der Waals surface area contributed by atoms with Gasteiger partial charge in [-0.2, -0.15) is 5.26 Å². The quantitative estimate of drug-likeness (QED) is 0.563. The van der Waals surface area contributed by atoms with Gasteiger partial charge in [0.25, 0.3) is 0 Å². The number of aryl methyl sites for hydroxylation is 1. The Hall–Kier alpha value is -2.57. The summed E-state index contributed by atoms with van der Waals surface area (Å²) < 4.78 is 7.46. The van der Waals surface area contributed by atoms with E-state index in [2.05, 4.69) is 35.4 Å². The average Bonchev–Trinajstić information content (AvgIpc) is 3.44. The molecule has 0 unspecified atom stereocenters. The monoisotopic (exact) mass is 427 g/mol. The van der Waals surface area contributed by atoms with E-state index in [4.69, 9.17) is 4.42 Å². The summed E-state index contributed by atoms with van der Waals surface area (Å²) in [6.07, 6.45) is 4.61. The number of anilines is 1. The number of nitriles is 1. The highest BCUT2D eigenvalue weighted by molar-refractivity contribution is 7.99. The molecule has 0 aromatic carbocycles. The predicted molar refractivity (Wildman–Crippen MR) is 113 cm³/mol. The molecule has 4 rings (SSSR count). The Balaban J connectivity index is 1.47. The number of hydrogen-bond donors (Lipinski definition) is 1. The van der Waals surface area contributed by atoms with Crippen LogP contribution < -0.4 is 5.32 Å². The van der Waals surface area contributed by atoms with Gasteiger partial charge >= 0.3 is 0 Å². The van der Waals surface area contributed by atoms with Gasteiger partial charge in [0.1, 0.15) is 11.1 Å². The Labute approximate surface area is 177 Å². The van der Waals surface area contributed by atoms with Crippen LogP contribution in [-0.4, -0.2) is 26.4 Å². The zero-order valence-electron chi connectivity index (χ0n) is 16.3. The van der Waals surface area contributed by atoms with Crippen molar-refractivity contribution in [2.24, 2.45) is 5.92 Å². The van der Waals surface area contributed by atoms with Gasteiger partial charge in [-0.15, -0.1) is 21.5 Å². The second-order valence-corrected chi connectivity index (χ2v) is 9.35. The molecule has 0 spiro atoms. The highest BCUT2D eigenvalue weighted by atomic mass is 32.2. The summed E-state index contributed by atoms with van der Waals surface area (Å²) in [5.74, 6) is 1.75. The lowest BCUT2D eigenvalue weighted by Crippen LogP contribution is -2.15. The summed E-state index contributed by atoms with van der Waals surface area (Å²) in [5.41, 5.74) is 1.74. The fourth-order valence-corrected chi connectivity index (χ4v) is 5.42. The van der Waals surface area contributed by atoms with Crippen molar-refractivity contribution in [2.45, 2.75) is 44.8 Å². The first-order valence-electron chi connectivity index (χ1n) is 9.51. The minimum Gasteiger partial charge on any atom is -0.461 e. The number of nitrogens with zero attached hydrogens (tertiary/aromatic N) is 4. The molecule has 1 amide bonds. The molecule has 0 aliphatic heterocycles. The molecule has 1 N–H and O–H groups in total. The van der Waals surface area contributed by atoms with E-state index in [0.29, 0.717) is 33.2 Å². The molecule has 3 aromatic rings. The van der Waals surface area contributed by atoms with Crippen LogP contribution in [0.3, 0.4) is 0 Å². The molecule has 0 saturated heterocycles. The number of amides is 1. The van der Waals surface area contributed by atoms with Crippen LogP contribution in [0.4, 0.5) is 5.00 Å². The molecule has 3 heterocycles. The van der Waals surface area contributed by atoms with Crippen LogP contribution in [0.1, 0.15) is 36.3 Å². The number of furan rings is 1. The van der Waals surface area contributed by atoms with Gasteiger partial charge in [0, 0.05) is 11.4 Å². The maximum Gasteiger partial charge on any atom is 0.235 e. The van der Waals surface area contributed by atoms with E-state index in [1.54, 1.807) is 6.26 Å². The Morgan fingerprint density at radius 1 is 1.45 bits per heavy atom. The number of rotatable bonds is 7. The molecule has 0 saturated carbocycles. The number of thioether (sulfide) groups is 1. The molecular weight excluding hydrogens is 406 g/mol. The molecule has 0 radical (unpaired) electrons. The Bertz CT molecular complexity index is 1060. The van der Waals surface area contributed by atoms with Gasteiger partial charge in [0.05, 0.1) is 17.6 Å². The third kappa shape index (κ3) is 4.09. The van der Waals surface area contributed by atoms with Crippen LogP contribution in [0.25, 0.3) is 11.6 Å². The van der Waals surface area contributed by atoms with Crippen LogP contribution in [0.5, 0.6) is 0 Å². The molecule has 29 heavy (non-hydrogen) atoms. The summed E-state index contributed by atoms with van der Waals surface area (Å²) in [6.45, 7) is 4.96. The van der Waals surface area contributed by atoms with E-state index in [1.807, 2.05) is 16.7 Å². The van der Waals surface area contributed by atoms with Crippen molar-refractivity contribution in [2.75, 3.05) is 11.1 Å². The first-order valence-corrected chi connectivity index (χ1v) is 11.3. The van der Waals surface area contributed by atoms with Crippen molar-refractivity contribution in [3.63, 3.8) is 0 Å². The summed E-state index contributed by atoms with van der Waals surface area (Å²) in [7, 11) is 0. The number of nitrogens with one attached hydrogen (secondary N) is 1. The summed E-state index contributed by atoms with van der Waals surface area (Å²) >= 11 is 2.86. The lowest BCUT2D eigenvalue weighted by Gasteiger charge is -2.11. The van der Waals surface area contributed by atoms with Gasteiger partial charge in [-0.3, -0.25) is 9.36 Å². The van der Waals surface area contributed by atoms with Crippen molar-refractivity contribution in [3.05, 3.63) is 34.4 Å². The van der Waals surface area contributed by atoms with Crippen molar-refractivity contribution in [1.82, 2.24) is 14.8 Å². The van der Waals surface area contributed by atoms with Crippen molar-refractivity contribution in [1.29, 1.82) is 5.26 Å². The standard InChI is InChI=1S/C20H21N5O2S2/c1-12(2)10-25-18(15-6-4-8-27-15)23-24-20(25)28-11-17(26)22-19-14(9-21)13-5-3-7-16(13)29-19/h4,6,8,12H,3,5,7,10-11H2,1-2H3,(H,22,26). The van der Waals surface area contributed by atoms with Crippen molar-refractivity contribution < 1.29 is 9.21 Å². The third-order valence-electron chi connectivity index (χ3n) is 4.62. The molecule has 7 nitrogen and oxygen atoms in total. The summed E-state index contributed by atoms with van der Waals surface area (Å²) in [5, 5.41) is 22.3. The van der Waals surface area contributed by atoms with E-state index in [1.165, 1.54) is 28.0 Å². The van der Waals surface area contributed by atoms with E-state index in [0.717, 1.165) is 31.4 Å². The Morgan fingerprint density at radius 3 is 3.03 bits per heavy atom. The number of aromatic nitrogens is 3. The van der Waals surface area contributed by atoms with Crippen LogP contribution in [-0.2, 0) is 24.2 Å². The van der Waals surface area contributed by atoms with Crippen LogP contribution in [0.15, 0.2) is 28.0 Å². The first-order chi connectivity index (χ1) is 14.1. The van der Waals surface area contributed by atoms with Gasteiger partial charge < -0.3 is 9.73 Å². The Morgan fingerprint density at radius 2 is 2.31 bits per heavy atom. The van der Waals surface area contributed by atoms with Gasteiger partial charge in [0.2, 0.25) is 5.91 Å². The molecular formula is C20H21N5O2S2. The number of thiophene rings is 1. The topological polar surface area (TPSA) is 96.7 Å². The van der Waals surface area contributed by atoms with E-state index in [9.17, 15) is 10.1 Å². The van der Waals surface area contributed by atoms with E-state index in [-0.39, 0.29) is 11.7 Å². The van der Waals surface area contributed by atoms with E-state index < -0.39 is 0 Å². The lowest BCUT2D eigenvalue weighted by atomic mass is 10.1. The molecule has 0 atom stereocenters. The minimum absolute atomic E-state index is 0.148. The highest BCUT2D eigenvalue weighted by Gasteiger charge is 2.23. The zero-order chi connectivity index (χ0) is 20.4. The molecule has 0 fully saturated rings. The van der Waals surface area contributed by atoms with Crippen LogP contribution in [0, 0.1) is 17.2 Å². The predicted octanol–water partition coefficient (Wildman–Crippen LogP) is 4.35. The normalized spacial score (nSPS) is 12.9. The molecule has 9 heteroatoms. The summed E-state index contributed by atoms with van der Waals surface area (Å²) in [6, 6.07) is 5.92.